The average molecular weight is 388 g/mol. The molecule has 0 aliphatic carbocycles. The van der Waals surface area contributed by atoms with E-state index in [1.807, 2.05) is 12.1 Å². The number of nitrogen functional groups attached to an aromatic ring is 1. The van der Waals surface area contributed by atoms with Gasteiger partial charge in [0.25, 0.3) is 5.91 Å². The van der Waals surface area contributed by atoms with Crippen molar-refractivity contribution in [1.82, 2.24) is 0 Å². The number of carbonyl (C=O) groups excluding carboxylic acids is 2. The van der Waals surface area contributed by atoms with Crippen LogP contribution in [0.1, 0.15) is 29.6 Å². The zero-order chi connectivity index (χ0) is 17.1. The first kappa shape index (κ1) is 16.5. The van der Waals surface area contributed by atoms with E-state index in [0.717, 1.165) is 29.5 Å². The van der Waals surface area contributed by atoms with Crippen LogP contribution in [0.25, 0.3) is 0 Å². The van der Waals surface area contributed by atoms with Crippen LogP contribution in [0.15, 0.2) is 46.9 Å². The van der Waals surface area contributed by atoms with Gasteiger partial charge in [-0.1, -0.05) is 15.9 Å². The van der Waals surface area contributed by atoms with Crippen LogP contribution in [0.4, 0.5) is 17.1 Å². The van der Waals surface area contributed by atoms with Crippen LogP contribution in [0.2, 0.25) is 0 Å². The molecule has 3 rings (SSSR count). The number of nitrogens with one attached hydrogen (secondary N) is 1. The zero-order valence-corrected chi connectivity index (χ0v) is 14.7. The lowest BCUT2D eigenvalue weighted by atomic mass is 10.1. The molecule has 2 aromatic rings. The first-order chi connectivity index (χ1) is 11.5. The van der Waals surface area contributed by atoms with E-state index < -0.39 is 0 Å². The van der Waals surface area contributed by atoms with Crippen molar-refractivity contribution in [2.75, 3.05) is 22.5 Å². The number of anilines is 3. The number of piperidine rings is 1. The second-order valence-corrected chi connectivity index (χ2v) is 6.69. The molecule has 1 heterocycles. The van der Waals surface area contributed by atoms with Gasteiger partial charge in [-0.15, -0.1) is 0 Å². The van der Waals surface area contributed by atoms with E-state index in [4.69, 9.17) is 5.73 Å². The summed E-state index contributed by atoms with van der Waals surface area (Å²) in [7, 11) is 0. The molecule has 0 saturated carbocycles. The zero-order valence-electron chi connectivity index (χ0n) is 13.1. The van der Waals surface area contributed by atoms with Crippen molar-refractivity contribution in [3.05, 3.63) is 52.5 Å². The molecule has 0 atom stereocenters. The van der Waals surface area contributed by atoms with E-state index in [9.17, 15) is 9.59 Å². The lowest BCUT2D eigenvalue weighted by Crippen LogP contribution is -2.35. The highest BCUT2D eigenvalue weighted by Gasteiger charge is 2.19. The van der Waals surface area contributed by atoms with Gasteiger partial charge in [0.15, 0.2) is 0 Å². The molecule has 124 valence electrons. The van der Waals surface area contributed by atoms with E-state index >= 15 is 0 Å². The fraction of sp³-hybridized carbons (Fsp3) is 0.222. The number of hydrogen-bond donors (Lipinski definition) is 2. The molecular formula is C18H18BrN3O2. The third kappa shape index (κ3) is 3.76. The molecule has 1 aliphatic heterocycles. The maximum absolute atomic E-state index is 12.3. The van der Waals surface area contributed by atoms with E-state index in [0.29, 0.717) is 23.4 Å². The summed E-state index contributed by atoms with van der Waals surface area (Å²) in [5.41, 5.74) is 8.33. The van der Waals surface area contributed by atoms with Crippen molar-refractivity contribution < 1.29 is 9.59 Å². The van der Waals surface area contributed by atoms with E-state index in [1.54, 1.807) is 35.2 Å². The Morgan fingerprint density at radius 1 is 1.12 bits per heavy atom. The number of benzene rings is 2. The Morgan fingerprint density at radius 2 is 1.88 bits per heavy atom. The predicted octanol–water partition coefficient (Wildman–Crippen LogP) is 3.80. The number of hydrogen-bond acceptors (Lipinski definition) is 3. The van der Waals surface area contributed by atoms with Crippen LogP contribution in [0.3, 0.4) is 0 Å². The van der Waals surface area contributed by atoms with Gasteiger partial charge in [-0.05, 0) is 55.3 Å². The fourth-order valence-corrected chi connectivity index (χ4v) is 3.27. The molecule has 5 nitrogen and oxygen atoms in total. The summed E-state index contributed by atoms with van der Waals surface area (Å²) in [6.45, 7) is 0.738. The Hall–Kier alpha value is -2.34. The third-order valence-corrected chi connectivity index (χ3v) is 4.40. The van der Waals surface area contributed by atoms with Crippen LogP contribution in [-0.2, 0) is 4.79 Å². The SMILES string of the molecule is Nc1cc(Br)cc(NC(=O)c2ccc(N3CCCCC3=O)cc2)c1. The summed E-state index contributed by atoms with van der Waals surface area (Å²) in [6, 6.07) is 12.3. The molecule has 0 spiro atoms. The number of amides is 2. The molecule has 6 heteroatoms. The highest BCUT2D eigenvalue weighted by Crippen LogP contribution is 2.23. The molecule has 2 amide bonds. The molecule has 0 unspecified atom stereocenters. The van der Waals surface area contributed by atoms with E-state index in [2.05, 4.69) is 21.2 Å². The molecule has 0 radical (unpaired) electrons. The smallest absolute Gasteiger partial charge is 0.255 e. The molecule has 0 bridgehead atoms. The quantitative estimate of drug-likeness (QED) is 0.786. The Bertz CT molecular complexity index is 754. The Balaban J connectivity index is 1.72. The molecule has 2 aromatic carbocycles. The van der Waals surface area contributed by atoms with Crippen LogP contribution in [-0.4, -0.2) is 18.4 Å². The lowest BCUT2D eigenvalue weighted by Gasteiger charge is -2.26. The fourth-order valence-electron chi connectivity index (χ4n) is 2.76. The molecular weight excluding hydrogens is 370 g/mol. The summed E-state index contributed by atoms with van der Waals surface area (Å²) in [4.78, 5) is 26.1. The number of nitrogens with zero attached hydrogens (tertiary/aromatic N) is 1. The van der Waals surface area contributed by atoms with E-state index in [1.165, 1.54) is 0 Å². The highest BCUT2D eigenvalue weighted by molar-refractivity contribution is 9.10. The average Bonchev–Trinajstić information content (AvgIpc) is 2.54. The first-order valence-corrected chi connectivity index (χ1v) is 8.60. The summed E-state index contributed by atoms with van der Waals surface area (Å²) in [5, 5.41) is 2.82. The van der Waals surface area contributed by atoms with Crippen molar-refractivity contribution >= 4 is 44.8 Å². The van der Waals surface area contributed by atoms with Crippen LogP contribution >= 0.6 is 15.9 Å². The van der Waals surface area contributed by atoms with Crippen molar-refractivity contribution in [1.29, 1.82) is 0 Å². The van der Waals surface area contributed by atoms with Crippen molar-refractivity contribution in [2.45, 2.75) is 19.3 Å². The normalized spacial score (nSPS) is 14.5. The Labute approximate surface area is 149 Å². The predicted molar refractivity (Wildman–Crippen MR) is 99.2 cm³/mol. The standard InChI is InChI=1S/C18H18BrN3O2/c19-13-9-14(20)11-15(10-13)21-18(24)12-4-6-16(7-5-12)22-8-2-1-3-17(22)23/h4-7,9-11H,1-3,8,20H2,(H,21,24). The third-order valence-electron chi connectivity index (χ3n) is 3.94. The van der Waals surface area contributed by atoms with E-state index in [-0.39, 0.29) is 11.8 Å². The van der Waals surface area contributed by atoms with Gasteiger partial charge in [0.1, 0.15) is 0 Å². The number of halogens is 1. The summed E-state index contributed by atoms with van der Waals surface area (Å²) in [6.07, 6.45) is 2.55. The summed E-state index contributed by atoms with van der Waals surface area (Å²) < 4.78 is 0.803. The van der Waals surface area contributed by atoms with Gasteiger partial charge in [-0.25, -0.2) is 0 Å². The minimum absolute atomic E-state index is 0.142. The molecule has 24 heavy (non-hydrogen) atoms. The second kappa shape index (κ2) is 7.05. The highest BCUT2D eigenvalue weighted by atomic mass is 79.9. The van der Waals surface area contributed by atoms with Gasteiger partial charge in [0.05, 0.1) is 0 Å². The lowest BCUT2D eigenvalue weighted by molar-refractivity contribution is -0.119. The van der Waals surface area contributed by atoms with Crippen LogP contribution < -0.4 is 16.0 Å². The van der Waals surface area contributed by atoms with Gasteiger partial charge < -0.3 is 16.0 Å². The molecule has 0 aromatic heterocycles. The van der Waals surface area contributed by atoms with Gasteiger partial charge in [-0.2, -0.15) is 0 Å². The van der Waals surface area contributed by atoms with Crippen LogP contribution in [0.5, 0.6) is 0 Å². The van der Waals surface area contributed by atoms with Crippen molar-refractivity contribution in [2.24, 2.45) is 0 Å². The number of carbonyl (C=O) groups is 2. The molecule has 3 N–H and O–H groups in total. The molecule has 1 fully saturated rings. The molecule has 1 aliphatic rings. The topological polar surface area (TPSA) is 75.4 Å². The van der Waals surface area contributed by atoms with Gasteiger partial charge in [-0.3, -0.25) is 9.59 Å². The Kier molecular flexibility index (Phi) is 4.85. The van der Waals surface area contributed by atoms with Gasteiger partial charge in [0, 0.05) is 40.1 Å². The van der Waals surface area contributed by atoms with Crippen molar-refractivity contribution in [3.63, 3.8) is 0 Å². The van der Waals surface area contributed by atoms with Gasteiger partial charge in [0.2, 0.25) is 5.91 Å². The number of nitrogens with two attached hydrogens (primary N) is 1. The largest absolute Gasteiger partial charge is 0.399 e. The van der Waals surface area contributed by atoms with Gasteiger partial charge >= 0.3 is 0 Å². The first-order valence-electron chi connectivity index (χ1n) is 7.81. The monoisotopic (exact) mass is 387 g/mol. The summed E-state index contributed by atoms with van der Waals surface area (Å²) >= 11 is 3.35. The van der Waals surface area contributed by atoms with Crippen LogP contribution in [0, 0.1) is 0 Å². The minimum atomic E-state index is -0.218. The number of rotatable bonds is 3. The maximum Gasteiger partial charge on any atom is 0.255 e. The summed E-state index contributed by atoms with van der Waals surface area (Å²) in [5.74, 6) is -0.0768. The van der Waals surface area contributed by atoms with Crippen molar-refractivity contribution in [3.8, 4) is 0 Å². The maximum atomic E-state index is 12.3. The Morgan fingerprint density at radius 3 is 2.54 bits per heavy atom. The second-order valence-electron chi connectivity index (χ2n) is 5.78. The molecule has 1 saturated heterocycles. The minimum Gasteiger partial charge on any atom is -0.399 e.